The number of hydrogen-bond donors (Lipinski definition) is 1. The Morgan fingerprint density at radius 3 is 2.29 bits per heavy atom. The first-order valence-corrected chi connectivity index (χ1v) is 2.25. The fourth-order valence-corrected chi connectivity index (χ4v) is 0.186. The normalized spacial score (nSPS) is 12.9. The lowest BCUT2D eigenvalue weighted by molar-refractivity contribution is 0.890. The van der Waals surface area contributed by atoms with Crippen LogP contribution in [0, 0.1) is 0 Å². The van der Waals surface area contributed by atoms with Gasteiger partial charge in [0, 0.05) is 6.04 Å². The van der Waals surface area contributed by atoms with Crippen LogP contribution in [0.15, 0.2) is 24.8 Å². The number of nitrogens with two attached hydrogens (primary N) is 1. The van der Waals surface area contributed by atoms with Crippen LogP contribution in [0.3, 0.4) is 0 Å². The second-order valence-corrected chi connectivity index (χ2v) is 1.57. The van der Waals surface area contributed by atoms with Crippen LogP contribution in [-0.2, 0) is 0 Å². The predicted octanol–water partition coefficient (Wildman–Crippen LogP) is 1.08. The average Bonchev–Trinajstić information content (AvgIpc) is 1.65. The Morgan fingerprint density at radius 2 is 2.29 bits per heavy atom. The number of rotatable bonds is 2. The molecule has 1 heteroatoms. The summed E-state index contributed by atoms with van der Waals surface area (Å²) in [4.78, 5) is 0. The Hall–Kier alpha value is -0.560. The monoisotopic (exact) mass is 97.1 g/mol. The Bertz CT molecular complexity index is 82.2. The van der Waals surface area contributed by atoms with Gasteiger partial charge in [0.2, 0.25) is 0 Å². The van der Waals surface area contributed by atoms with E-state index in [1.165, 1.54) is 0 Å². The molecule has 0 aliphatic heterocycles. The second kappa shape index (κ2) is 2.59. The first-order chi connectivity index (χ1) is 3.18. The molecule has 7 heavy (non-hydrogen) atoms. The molecule has 0 amide bonds. The first-order valence-electron chi connectivity index (χ1n) is 2.25. The van der Waals surface area contributed by atoms with Crippen molar-refractivity contribution in [1.29, 1.82) is 0 Å². The van der Waals surface area contributed by atoms with Gasteiger partial charge in [-0.15, -0.1) is 0 Å². The Kier molecular flexibility index (Phi) is 2.38. The summed E-state index contributed by atoms with van der Waals surface area (Å²) in [5, 5.41) is 0. The second-order valence-electron chi connectivity index (χ2n) is 1.57. The summed E-state index contributed by atoms with van der Waals surface area (Å²) < 4.78 is 0. The van der Waals surface area contributed by atoms with Crippen LogP contribution in [0.25, 0.3) is 0 Å². The van der Waals surface area contributed by atoms with E-state index >= 15 is 0 Å². The van der Waals surface area contributed by atoms with E-state index in [1.807, 2.05) is 6.92 Å². The van der Waals surface area contributed by atoms with Crippen LogP contribution < -0.4 is 5.73 Å². The smallest absolute Gasteiger partial charge is 0.0259 e. The van der Waals surface area contributed by atoms with Crippen molar-refractivity contribution in [3.05, 3.63) is 24.8 Å². The summed E-state index contributed by atoms with van der Waals surface area (Å²) in [7, 11) is 0. The molecule has 0 aromatic carbocycles. The summed E-state index contributed by atoms with van der Waals surface area (Å²) >= 11 is 0. The highest BCUT2D eigenvalue weighted by atomic mass is 14.6. The molecule has 0 spiro atoms. The summed E-state index contributed by atoms with van der Waals surface area (Å²) in [6, 6.07) is 0.0532. The Morgan fingerprint density at radius 1 is 1.86 bits per heavy atom. The zero-order valence-corrected chi connectivity index (χ0v) is 4.65. The van der Waals surface area contributed by atoms with Gasteiger partial charge < -0.3 is 5.73 Å². The van der Waals surface area contributed by atoms with Gasteiger partial charge in [-0.05, 0) is 12.5 Å². The molecule has 1 atom stereocenters. The van der Waals surface area contributed by atoms with Crippen LogP contribution in [0.1, 0.15) is 6.92 Å². The maximum atomic E-state index is 5.38. The van der Waals surface area contributed by atoms with E-state index < -0.39 is 0 Å². The fourth-order valence-electron chi connectivity index (χ4n) is 0.186. The molecule has 2 N–H and O–H groups in total. The Labute approximate surface area is 44.5 Å². The summed E-state index contributed by atoms with van der Waals surface area (Å²) in [5.74, 6) is 0. The van der Waals surface area contributed by atoms with Crippen molar-refractivity contribution in [3.8, 4) is 0 Å². The van der Waals surface area contributed by atoms with Gasteiger partial charge in [0.05, 0.1) is 0 Å². The quantitative estimate of drug-likeness (QED) is 0.512. The summed E-state index contributed by atoms with van der Waals surface area (Å²) in [5.41, 5.74) is 6.26. The van der Waals surface area contributed by atoms with E-state index in [2.05, 4.69) is 13.2 Å². The predicted molar refractivity (Wildman–Crippen MR) is 33.0 cm³/mol. The molecule has 0 fully saturated rings. The average molecular weight is 97.2 g/mol. The van der Waals surface area contributed by atoms with Crippen molar-refractivity contribution >= 4 is 0 Å². The van der Waals surface area contributed by atoms with Gasteiger partial charge in [-0.25, -0.2) is 0 Å². The molecule has 0 aliphatic carbocycles. The van der Waals surface area contributed by atoms with E-state index in [0.717, 1.165) is 5.57 Å². The molecule has 1 unspecified atom stereocenters. The SMILES string of the molecule is C=CC(=C)C(C)N. The minimum Gasteiger partial charge on any atom is -0.324 e. The van der Waals surface area contributed by atoms with Gasteiger partial charge in [0.25, 0.3) is 0 Å². The van der Waals surface area contributed by atoms with Crippen LogP contribution in [0.5, 0.6) is 0 Å². The molecule has 40 valence electrons. The maximum absolute atomic E-state index is 5.38. The van der Waals surface area contributed by atoms with Gasteiger partial charge in [0.15, 0.2) is 0 Å². The molecular formula is C6H11N. The van der Waals surface area contributed by atoms with Crippen molar-refractivity contribution in [2.45, 2.75) is 13.0 Å². The molecule has 0 radical (unpaired) electrons. The van der Waals surface area contributed by atoms with Gasteiger partial charge in [0.1, 0.15) is 0 Å². The lowest BCUT2D eigenvalue weighted by Crippen LogP contribution is -2.15. The minimum absolute atomic E-state index is 0.0532. The van der Waals surface area contributed by atoms with E-state index in [1.54, 1.807) is 6.08 Å². The molecule has 0 heterocycles. The zero-order chi connectivity index (χ0) is 5.86. The molecule has 0 rings (SSSR count). The molecule has 0 saturated carbocycles. The third-order valence-corrected chi connectivity index (χ3v) is 0.847. The first kappa shape index (κ1) is 6.44. The van der Waals surface area contributed by atoms with Crippen LogP contribution in [0.4, 0.5) is 0 Å². The van der Waals surface area contributed by atoms with Crippen molar-refractivity contribution in [2.75, 3.05) is 0 Å². The van der Waals surface area contributed by atoms with Gasteiger partial charge >= 0.3 is 0 Å². The maximum Gasteiger partial charge on any atom is 0.0259 e. The van der Waals surface area contributed by atoms with E-state index in [0.29, 0.717) is 0 Å². The highest BCUT2D eigenvalue weighted by Gasteiger charge is 1.90. The van der Waals surface area contributed by atoms with Crippen molar-refractivity contribution < 1.29 is 0 Å². The third-order valence-electron chi connectivity index (χ3n) is 0.847. The van der Waals surface area contributed by atoms with E-state index in [4.69, 9.17) is 5.73 Å². The highest BCUT2D eigenvalue weighted by molar-refractivity contribution is 5.16. The van der Waals surface area contributed by atoms with Gasteiger partial charge in [-0.1, -0.05) is 19.2 Å². The molecule has 0 aromatic rings. The standard InChI is InChI=1S/C6H11N/c1-4-5(2)6(3)7/h4,6H,1-2,7H2,3H3. The van der Waals surface area contributed by atoms with Crippen LogP contribution >= 0.6 is 0 Å². The molecule has 1 nitrogen and oxygen atoms in total. The van der Waals surface area contributed by atoms with E-state index in [9.17, 15) is 0 Å². The lowest BCUT2D eigenvalue weighted by Gasteiger charge is -2.00. The lowest BCUT2D eigenvalue weighted by atomic mass is 10.2. The number of hydrogen-bond acceptors (Lipinski definition) is 1. The molecule has 0 bridgehead atoms. The van der Waals surface area contributed by atoms with E-state index in [-0.39, 0.29) is 6.04 Å². The Balaban J connectivity index is 3.56. The van der Waals surface area contributed by atoms with Gasteiger partial charge in [-0.2, -0.15) is 0 Å². The highest BCUT2D eigenvalue weighted by Crippen LogP contribution is 1.93. The molecular weight excluding hydrogens is 86.1 g/mol. The zero-order valence-electron chi connectivity index (χ0n) is 4.65. The van der Waals surface area contributed by atoms with Crippen molar-refractivity contribution in [2.24, 2.45) is 5.73 Å². The van der Waals surface area contributed by atoms with Crippen molar-refractivity contribution in [3.63, 3.8) is 0 Å². The molecule has 0 aliphatic rings. The van der Waals surface area contributed by atoms with Gasteiger partial charge in [-0.3, -0.25) is 0 Å². The summed E-state index contributed by atoms with van der Waals surface area (Å²) in [6.07, 6.45) is 1.67. The van der Waals surface area contributed by atoms with Crippen LogP contribution in [-0.4, -0.2) is 6.04 Å². The largest absolute Gasteiger partial charge is 0.324 e. The topological polar surface area (TPSA) is 26.0 Å². The summed E-state index contributed by atoms with van der Waals surface area (Å²) in [6.45, 7) is 9.01. The minimum atomic E-state index is 0.0532. The fraction of sp³-hybridized carbons (Fsp3) is 0.333. The molecule has 0 saturated heterocycles. The molecule has 0 aromatic heterocycles. The van der Waals surface area contributed by atoms with Crippen LogP contribution in [0.2, 0.25) is 0 Å². The third kappa shape index (κ3) is 2.18. The van der Waals surface area contributed by atoms with Crippen molar-refractivity contribution in [1.82, 2.24) is 0 Å².